The van der Waals surface area contributed by atoms with E-state index in [0.717, 1.165) is 24.0 Å². The van der Waals surface area contributed by atoms with Gasteiger partial charge in [-0.1, -0.05) is 70.2 Å². The molecule has 0 spiro atoms. The minimum absolute atomic E-state index is 0.000432. The van der Waals surface area contributed by atoms with Crippen molar-refractivity contribution in [3.63, 3.8) is 0 Å². The molecule has 0 heterocycles. The molecule has 0 aromatic heterocycles. The van der Waals surface area contributed by atoms with Gasteiger partial charge in [0.2, 0.25) is 0 Å². The number of esters is 2. The molecule has 0 aliphatic carbocycles. The number of aliphatic hydroxyl groups is 2. The summed E-state index contributed by atoms with van der Waals surface area (Å²) < 4.78 is 21.9. The van der Waals surface area contributed by atoms with Crippen LogP contribution in [0.5, 0.6) is 11.5 Å². The molecule has 0 aliphatic rings. The molecule has 41 heavy (non-hydrogen) atoms. The van der Waals surface area contributed by atoms with Crippen molar-refractivity contribution in [1.29, 1.82) is 0 Å². The van der Waals surface area contributed by atoms with E-state index >= 15 is 0 Å². The number of rotatable bonds is 21. The summed E-state index contributed by atoms with van der Waals surface area (Å²) in [6, 6.07) is 13.7. The fraction of sp³-hybridized carbons (Fsp3) is 0.515. The number of hydrogen-bond donors (Lipinski definition) is 2. The Labute approximate surface area is 244 Å². The zero-order valence-electron chi connectivity index (χ0n) is 24.6. The third-order valence-electron chi connectivity index (χ3n) is 6.61. The summed E-state index contributed by atoms with van der Waals surface area (Å²) in [6.07, 6.45) is 9.57. The predicted octanol–water partition coefficient (Wildman–Crippen LogP) is 5.67. The third-order valence-corrected chi connectivity index (χ3v) is 6.61. The lowest BCUT2D eigenvalue weighted by atomic mass is 9.95. The second kappa shape index (κ2) is 19.7. The minimum atomic E-state index is -0.644. The molecule has 8 nitrogen and oxygen atoms in total. The van der Waals surface area contributed by atoms with Crippen LogP contribution in [-0.2, 0) is 25.5 Å². The normalized spacial score (nSPS) is 11.5. The van der Waals surface area contributed by atoms with Gasteiger partial charge in [-0.25, -0.2) is 4.79 Å². The molecule has 0 aliphatic heterocycles. The largest absolute Gasteiger partial charge is 0.490 e. The Bertz CT molecular complexity index is 1080. The molecule has 2 N–H and O–H groups in total. The Morgan fingerprint density at radius 3 is 2.17 bits per heavy atom. The lowest BCUT2D eigenvalue weighted by molar-refractivity contribution is -0.150. The second-order valence-corrected chi connectivity index (χ2v) is 10.1. The van der Waals surface area contributed by atoms with Crippen LogP contribution in [0.2, 0.25) is 0 Å². The van der Waals surface area contributed by atoms with Crippen molar-refractivity contribution in [2.45, 2.75) is 65.2 Å². The highest BCUT2D eigenvalue weighted by Gasteiger charge is 2.13. The highest BCUT2D eigenvalue weighted by Crippen LogP contribution is 2.32. The molecule has 0 fully saturated rings. The van der Waals surface area contributed by atoms with E-state index in [0.29, 0.717) is 11.5 Å². The second-order valence-electron chi connectivity index (χ2n) is 10.1. The highest BCUT2D eigenvalue weighted by molar-refractivity contribution is 5.87. The van der Waals surface area contributed by atoms with E-state index < -0.39 is 24.5 Å². The van der Waals surface area contributed by atoms with Gasteiger partial charge in [-0.05, 0) is 60.7 Å². The lowest BCUT2D eigenvalue weighted by Crippen LogP contribution is -2.20. The zero-order valence-corrected chi connectivity index (χ0v) is 24.6. The molecule has 0 saturated heterocycles. The Morgan fingerprint density at radius 2 is 1.49 bits per heavy atom. The van der Waals surface area contributed by atoms with Crippen LogP contribution in [0.25, 0.3) is 11.1 Å². The van der Waals surface area contributed by atoms with Gasteiger partial charge < -0.3 is 29.2 Å². The number of ether oxygens (including phenoxy) is 4. The number of benzene rings is 2. The Kier molecular flexibility index (Phi) is 16.2. The van der Waals surface area contributed by atoms with Crippen molar-refractivity contribution < 1.29 is 38.7 Å². The molecular weight excluding hydrogens is 524 g/mol. The van der Waals surface area contributed by atoms with Crippen LogP contribution in [0.4, 0.5) is 0 Å². The standard InChI is InChI=1S/C33H46O8/c1-4-5-6-7-8-9-10-12-27-15-16-30(39-18-20-41-33(37)26(3)24-35)22-31(27)28-13-11-14-29(21-28)38-17-19-40-32(36)25(2)23-34/h11,13-16,21-22,26,34-35H,2,4-10,12,17-20,23-24H2,1,3H3. The number of hydrogen-bond acceptors (Lipinski definition) is 8. The molecule has 226 valence electrons. The average molecular weight is 571 g/mol. The third kappa shape index (κ3) is 12.8. The topological polar surface area (TPSA) is 112 Å². The molecule has 2 aromatic rings. The van der Waals surface area contributed by atoms with Crippen molar-refractivity contribution in [2.24, 2.45) is 5.92 Å². The smallest absolute Gasteiger partial charge is 0.335 e. The Hall–Kier alpha value is -3.36. The van der Waals surface area contributed by atoms with E-state index in [9.17, 15) is 9.59 Å². The van der Waals surface area contributed by atoms with Crippen molar-refractivity contribution >= 4 is 11.9 Å². The van der Waals surface area contributed by atoms with E-state index in [1.807, 2.05) is 36.4 Å². The molecule has 2 rings (SSSR count). The monoisotopic (exact) mass is 570 g/mol. The zero-order chi connectivity index (χ0) is 29.9. The minimum Gasteiger partial charge on any atom is -0.490 e. The number of aryl methyl sites for hydroxylation is 1. The van der Waals surface area contributed by atoms with Gasteiger partial charge in [0.15, 0.2) is 0 Å². The van der Waals surface area contributed by atoms with E-state index in [-0.39, 0.29) is 38.6 Å². The summed E-state index contributed by atoms with van der Waals surface area (Å²) in [6.45, 7) is 7.08. The van der Waals surface area contributed by atoms with Gasteiger partial charge in [0.25, 0.3) is 0 Å². The van der Waals surface area contributed by atoms with Gasteiger partial charge in [0.1, 0.15) is 37.9 Å². The van der Waals surface area contributed by atoms with E-state index in [1.54, 1.807) is 6.92 Å². The Balaban J connectivity index is 2.07. The Morgan fingerprint density at radius 1 is 0.829 bits per heavy atom. The van der Waals surface area contributed by atoms with Crippen LogP contribution in [0, 0.1) is 5.92 Å². The van der Waals surface area contributed by atoms with Gasteiger partial charge in [0.05, 0.1) is 24.7 Å². The number of unbranched alkanes of at least 4 members (excludes halogenated alkanes) is 6. The molecule has 8 heteroatoms. The summed E-state index contributed by atoms with van der Waals surface area (Å²) in [4.78, 5) is 23.4. The highest BCUT2D eigenvalue weighted by atomic mass is 16.6. The molecule has 0 bridgehead atoms. The number of carbonyl (C=O) groups excluding carboxylic acids is 2. The van der Waals surface area contributed by atoms with Crippen molar-refractivity contribution in [3.8, 4) is 22.6 Å². The molecular formula is C33H46O8. The SMILES string of the molecule is C=C(CO)C(=O)OCCOc1cccc(-c2cc(OCCOC(=O)C(C)CO)ccc2CCCCCCCCC)c1. The predicted molar refractivity (Wildman–Crippen MR) is 159 cm³/mol. The van der Waals surface area contributed by atoms with Crippen LogP contribution in [-0.4, -0.2) is 61.8 Å². The fourth-order valence-corrected chi connectivity index (χ4v) is 4.14. The molecule has 1 atom stereocenters. The van der Waals surface area contributed by atoms with Crippen LogP contribution in [0.1, 0.15) is 64.4 Å². The van der Waals surface area contributed by atoms with Gasteiger partial charge in [-0.3, -0.25) is 4.79 Å². The summed E-state index contributed by atoms with van der Waals surface area (Å²) in [5, 5.41) is 18.1. The molecule has 0 saturated carbocycles. The first-order valence-electron chi connectivity index (χ1n) is 14.6. The molecule has 0 amide bonds. The first kappa shape index (κ1) is 33.8. The van der Waals surface area contributed by atoms with Gasteiger partial charge in [-0.2, -0.15) is 0 Å². The molecule has 0 radical (unpaired) electrons. The molecule has 2 aromatic carbocycles. The lowest BCUT2D eigenvalue weighted by Gasteiger charge is -2.15. The first-order valence-corrected chi connectivity index (χ1v) is 14.6. The van der Waals surface area contributed by atoms with Crippen molar-refractivity contribution in [1.82, 2.24) is 0 Å². The maximum atomic E-state index is 11.8. The fourth-order valence-electron chi connectivity index (χ4n) is 4.14. The van der Waals surface area contributed by atoms with Crippen LogP contribution in [0.15, 0.2) is 54.6 Å². The van der Waals surface area contributed by atoms with E-state index in [2.05, 4.69) is 19.6 Å². The average Bonchev–Trinajstić information content (AvgIpc) is 3.00. The maximum absolute atomic E-state index is 11.8. The number of carbonyl (C=O) groups is 2. The van der Waals surface area contributed by atoms with E-state index in [1.165, 1.54) is 44.1 Å². The van der Waals surface area contributed by atoms with Gasteiger partial charge >= 0.3 is 11.9 Å². The quantitative estimate of drug-likeness (QED) is 0.112. The van der Waals surface area contributed by atoms with Crippen LogP contribution >= 0.6 is 0 Å². The summed E-state index contributed by atoms with van der Waals surface area (Å²) >= 11 is 0. The number of aliphatic hydroxyl groups excluding tert-OH is 2. The van der Waals surface area contributed by atoms with Crippen LogP contribution in [0.3, 0.4) is 0 Å². The van der Waals surface area contributed by atoms with E-state index in [4.69, 9.17) is 29.2 Å². The molecule has 1 unspecified atom stereocenters. The maximum Gasteiger partial charge on any atom is 0.335 e. The van der Waals surface area contributed by atoms with Crippen LogP contribution < -0.4 is 9.47 Å². The van der Waals surface area contributed by atoms with Crippen molar-refractivity contribution in [2.75, 3.05) is 39.6 Å². The first-order chi connectivity index (χ1) is 19.9. The van der Waals surface area contributed by atoms with Gasteiger partial charge in [-0.15, -0.1) is 0 Å². The van der Waals surface area contributed by atoms with Crippen molar-refractivity contribution in [3.05, 3.63) is 60.2 Å². The summed E-state index contributed by atoms with van der Waals surface area (Å²) in [7, 11) is 0. The summed E-state index contributed by atoms with van der Waals surface area (Å²) in [5.74, 6) is -0.357. The van der Waals surface area contributed by atoms with Gasteiger partial charge in [0, 0.05) is 0 Å². The summed E-state index contributed by atoms with van der Waals surface area (Å²) in [5.41, 5.74) is 3.22.